The molecule has 1 rings (SSSR count). The summed E-state index contributed by atoms with van der Waals surface area (Å²) in [7, 11) is 0. The van der Waals surface area contributed by atoms with Crippen molar-refractivity contribution >= 4 is 0 Å². The van der Waals surface area contributed by atoms with Gasteiger partial charge in [-0.3, -0.25) is 0 Å². The van der Waals surface area contributed by atoms with Gasteiger partial charge in [-0.15, -0.1) is 0 Å². The maximum Gasteiger partial charge on any atom is 0.178 e. The summed E-state index contributed by atoms with van der Waals surface area (Å²) in [5, 5.41) is 6.25. The second kappa shape index (κ2) is 12.1. The van der Waals surface area contributed by atoms with Crippen LogP contribution in [0, 0.1) is 18.8 Å². The lowest BCUT2D eigenvalue weighted by atomic mass is 10.1. The summed E-state index contributed by atoms with van der Waals surface area (Å²) in [5.41, 5.74) is 1.37. The molecule has 0 amide bonds. The standard InChI is InChI=1S/C15H26N.CN/c1-3-4-5-6-7-8-10-13-16-14-11-9-12-15(16)2;1-2/h9,11-12,14H,3-8,10,13H2,1-2H3;/q+1;-1. The fraction of sp³-hybridized carbons (Fsp3) is 0.625. The number of unbranched alkanes of at least 4 members (excludes halogenated alkanes) is 6. The highest BCUT2D eigenvalue weighted by molar-refractivity contribution is 4.93. The Balaban J connectivity index is 0.00000137. The van der Waals surface area contributed by atoms with Crippen molar-refractivity contribution in [3.63, 3.8) is 0 Å². The number of hydrogen-bond acceptors (Lipinski definition) is 1. The summed E-state index contributed by atoms with van der Waals surface area (Å²) in [6.45, 7) is 10.4. The van der Waals surface area contributed by atoms with Crippen molar-refractivity contribution < 1.29 is 4.57 Å². The third kappa shape index (κ3) is 7.84. The Morgan fingerprint density at radius 1 is 1.00 bits per heavy atom. The fourth-order valence-electron chi connectivity index (χ4n) is 2.05. The molecule has 0 aromatic carbocycles. The number of aryl methyl sites for hydroxylation is 2. The quantitative estimate of drug-likeness (QED) is 0.385. The van der Waals surface area contributed by atoms with Crippen LogP contribution in [0.4, 0.5) is 0 Å². The van der Waals surface area contributed by atoms with Gasteiger partial charge in [0, 0.05) is 25.5 Å². The molecule has 0 saturated carbocycles. The topological polar surface area (TPSA) is 27.7 Å². The second-order valence-electron chi connectivity index (χ2n) is 4.66. The monoisotopic (exact) mass is 246 g/mol. The van der Waals surface area contributed by atoms with Gasteiger partial charge in [0.05, 0.1) is 0 Å². The van der Waals surface area contributed by atoms with Gasteiger partial charge in [-0.1, -0.05) is 45.1 Å². The minimum atomic E-state index is 1.18. The first kappa shape index (κ1) is 16.6. The molecular formula is C16H26N2. The normalized spacial score (nSPS) is 9.56. The predicted octanol–water partition coefficient (Wildman–Crippen LogP) is 4.13. The minimum absolute atomic E-state index is 1.18. The summed E-state index contributed by atoms with van der Waals surface area (Å²) >= 11 is 0. The molecule has 0 N–H and O–H groups in total. The van der Waals surface area contributed by atoms with Gasteiger partial charge in [-0.05, 0) is 6.42 Å². The summed E-state index contributed by atoms with van der Waals surface area (Å²) < 4.78 is 2.35. The van der Waals surface area contributed by atoms with Crippen molar-refractivity contribution in [1.29, 1.82) is 5.26 Å². The maximum atomic E-state index is 6.25. The molecule has 2 nitrogen and oxygen atoms in total. The lowest BCUT2D eigenvalue weighted by molar-refractivity contribution is -0.703. The van der Waals surface area contributed by atoms with Crippen LogP contribution in [0.25, 0.3) is 0 Å². The first-order valence-electron chi connectivity index (χ1n) is 7.02. The average Bonchev–Trinajstić information content (AvgIpc) is 2.42. The average molecular weight is 246 g/mol. The van der Waals surface area contributed by atoms with Gasteiger partial charge in [-0.2, -0.15) is 0 Å². The van der Waals surface area contributed by atoms with Gasteiger partial charge in [0.15, 0.2) is 11.9 Å². The Kier molecular flexibility index (Phi) is 11.2. The Bertz CT molecular complexity index is 318. The number of hydrogen-bond donors (Lipinski definition) is 0. The van der Waals surface area contributed by atoms with Crippen LogP contribution in [-0.2, 0) is 6.54 Å². The third-order valence-corrected chi connectivity index (χ3v) is 3.17. The smallest absolute Gasteiger partial charge is 0.178 e. The zero-order valence-corrected chi connectivity index (χ0v) is 11.9. The fourth-order valence-corrected chi connectivity index (χ4v) is 2.05. The van der Waals surface area contributed by atoms with E-state index in [0.29, 0.717) is 0 Å². The molecule has 0 saturated heterocycles. The van der Waals surface area contributed by atoms with E-state index >= 15 is 0 Å². The Labute approximate surface area is 112 Å². The molecule has 0 spiro atoms. The van der Waals surface area contributed by atoms with Crippen molar-refractivity contribution in [2.24, 2.45) is 0 Å². The van der Waals surface area contributed by atoms with Crippen molar-refractivity contribution in [2.75, 3.05) is 0 Å². The van der Waals surface area contributed by atoms with Gasteiger partial charge in [0.1, 0.15) is 6.54 Å². The van der Waals surface area contributed by atoms with Crippen LogP contribution in [0.2, 0.25) is 0 Å². The summed E-state index contributed by atoms with van der Waals surface area (Å²) in [6.07, 6.45) is 11.9. The van der Waals surface area contributed by atoms with Gasteiger partial charge >= 0.3 is 0 Å². The summed E-state index contributed by atoms with van der Waals surface area (Å²) in [5.74, 6) is 0. The van der Waals surface area contributed by atoms with Crippen LogP contribution in [0.3, 0.4) is 0 Å². The molecule has 1 heterocycles. The predicted molar refractivity (Wildman–Crippen MR) is 74.3 cm³/mol. The Morgan fingerprint density at radius 3 is 2.22 bits per heavy atom. The van der Waals surface area contributed by atoms with E-state index in [0.717, 1.165) is 0 Å². The highest BCUT2D eigenvalue weighted by Gasteiger charge is 2.02. The van der Waals surface area contributed by atoms with Crippen molar-refractivity contribution in [3.8, 4) is 0 Å². The molecule has 1 aromatic heterocycles. The lowest BCUT2D eigenvalue weighted by Gasteiger charge is -2.01. The number of rotatable bonds is 8. The van der Waals surface area contributed by atoms with E-state index in [1.165, 1.54) is 57.2 Å². The molecule has 2 heteroatoms. The lowest BCUT2D eigenvalue weighted by Crippen LogP contribution is -2.36. The van der Waals surface area contributed by atoms with Crippen molar-refractivity contribution in [3.05, 3.63) is 36.7 Å². The van der Waals surface area contributed by atoms with Crippen LogP contribution >= 0.6 is 0 Å². The van der Waals surface area contributed by atoms with Crippen molar-refractivity contribution in [1.82, 2.24) is 0 Å². The first-order valence-corrected chi connectivity index (χ1v) is 7.02. The summed E-state index contributed by atoms with van der Waals surface area (Å²) in [6, 6.07) is 6.41. The van der Waals surface area contributed by atoms with E-state index in [1.54, 1.807) is 0 Å². The molecule has 0 aliphatic carbocycles. The van der Waals surface area contributed by atoms with Gasteiger partial charge in [-0.25, -0.2) is 4.57 Å². The largest absolute Gasteiger partial charge is 0.512 e. The maximum absolute atomic E-state index is 6.25. The highest BCUT2D eigenvalue weighted by atomic mass is 14.9. The molecule has 0 bridgehead atoms. The van der Waals surface area contributed by atoms with E-state index in [4.69, 9.17) is 11.8 Å². The van der Waals surface area contributed by atoms with Gasteiger partial charge in [0.25, 0.3) is 0 Å². The first-order chi connectivity index (χ1) is 8.84. The number of aromatic nitrogens is 1. The van der Waals surface area contributed by atoms with E-state index < -0.39 is 0 Å². The second-order valence-corrected chi connectivity index (χ2v) is 4.66. The SMILES string of the molecule is CCCCCCCCC[n+]1ccccc1C.[C-]#N. The van der Waals surface area contributed by atoms with E-state index in [9.17, 15) is 0 Å². The Hall–Kier alpha value is -1.36. The molecule has 1 aromatic rings. The molecule has 0 fully saturated rings. The van der Waals surface area contributed by atoms with E-state index in [-0.39, 0.29) is 0 Å². The number of nitrogens with zero attached hydrogens (tertiary/aromatic N) is 2. The van der Waals surface area contributed by atoms with E-state index in [1.807, 2.05) is 0 Å². The summed E-state index contributed by atoms with van der Waals surface area (Å²) in [4.78, 5) is 0. The van der Waals surface area contributed by atoms with Gasteiger partial charge in [0.2, 0.25) is 0 Å². The molecule has 0 aliphatic rings. The molecule has 0 atom stereocenters. The number of pyridine rings is 1. The highest BCUT2D eigenvalue weighted by Crippen LogP contribution is 2.06. The molecule has 100 valence electrons. The zero-order chi connectivity index (χ0) is 13.6. The molecule has 0 unspecified atom stereocenters. The van der Waals surface area contributed by atoms with E-state index in [2.05, 4.69) is 42.8 Å². The van der Waals surface area contributed by atoms with Crippen molar-refractivity contribution in [2.45, 2.75) is 65.3 Å². The zero-order valence-electron chi connectivity index (χ0n) is 11.9. The third-order valence-electron chi connectivity index (χ3n) is 3.17. The molecule has 18 heavy (non-hydrogen) atoms. The Morgan fingerprint density at radius 2 is 1.61 bits per heavy atom. The molecule has 0 aliphatic heterocycles. The van der Waals surface area contributed by atoms with Crippen LogP contribution in [0.5, 0.6) is 0 Å². The minimum Gasteiger partial charge on any atom is -0.512 e. The van der Waals surface area contributed by atoms with Crippen LogP contribution in [-0.4, -0.2) is 0 Å². The van der Waals surface area contributed by atoms with Crippen LogP contribution in [0.15, 0.2) is 24.4 Å². The van der Waals surface area contributed by atoms with Gasteiger partial charge < -0.3 is 11.8 Å². The molecular weight excluding hydrogens is 220 g/mol. The molecule has 0 radical (unpaired) electrons. The van der Waals surface area contributed by atoms with Crippen LogP contribution < -0.4 is 4.57 Å². The van der Waals surface area contributed by atoms with Crippen LogP contribution in [0.1, 0.15) is 57.6 Å².